The third-order valence-corrected chi connectivity index (χ3v) is 5.61. The highest BCUT2D eigenvalue weighted by molar-refractivity contribution is 5.78. The van der Waals surface area contributed by atoms with Crippen LogP contribution in [0.2, 0.25) is 0 Å². The number of fused-ring (bicyclic) bond motifs is 1. The van der Waals surface area contributed by atoms with Crippen LogP contribution in [-0.2, 0) is 4.79 Å². The van der Waals surface area contributed by atoms with Crippen LogP contribution in [-0.4, -0.2) is 61.0 Å². The second-order valence-electron chi connectivity index (χ2n) is 6.93. The Morgan fingerprint density at radius 2 is 2.00 bits per heavy atom. The Morgan fingerprint density at radius 3 is 2.80 bits per heavy atom. The Morgan fingerprint density at radius 1 is 1.20 bits per heavy atom. The number of nitrogens with one attached hydrogen (secondary N) is 1. The predicted octanol–water partition coefficient (Wildman–Crippen LogP) is 1.46. The number of hydrogen-bond donors (Lipinski definition) is 1. The van der Waals surface area contributed by atoms with Gasteiger partial charge in [0.15, 0.2) is 0 Å². The van der Waals surface area contributed by atoms with Gasteiger partial charge in [-0.2, -0.15) is 0 Å². The highest BCUT2D eigenvalue weighted by Gasteiger charge is 2.33. The molecule has 1 aliphatic carbocycles. The largest absolute Gasteiger partial charge is 0.342 e. The maximum absolute atomic E-state index is 12.5. The van der Waals surface area contributed by atoms with Crippen LogP contribution in [0.15, 0.2) is 0 Å². The van der Waals surface area contributed by atoms with Crippen LogP contribution < -0.4 is 5.32 Å². The molecule has 1 saturated carbocycles. The summed E-state index contributed by atoms with van der Waals surface area (Å²) in [6, 6.07) is 1.22. The summed E-state index contributed by atoms with van der Waals surface area (Å²) in [6.45, 7) is 4.00. The maximum Gasteiger partial charge on any atom is 0.236 e. The van der Waals surface area contributed by atoms with Crippen LogP contribution in [0.1, 0.15) is 44.9 Å². The van der Waals surface area contributed by atoms with Gasteiger partial charge in [0.2, 0.25) is 5.91 Å². The quantitative estimate of drug-likeness (QED) is 0.849. The van der Waals surface area contributed by atoms with E-state index in [9.17, 15) is 4.79 Å². The molecule has 1 amide bonds. The average molecular weight is 279 g/mol. The van der Waals surface area contributed by atoms with Gasteiger partial charge in [-0.25, -0.2) is 0 Å². The van der Waals surface area contributed by atoms with Crippen molar-refractivity contribution >= 4 is 5.91 Å². The normalized spacial score (nSPS) is 32.0. The molecule has 0 spiro atoms. The number of nitrogens with zero attached hydrogens (tertiary/aromatic N) is 2. The van der Waals surface area contributed by atoms with Crippen molar-refractivity contribution in [2.45, 2.75) is 57.0 Å². The van der Waals surface area contributed by atoms with Gasteiger partial charge in [0.25, 0.3) is 0 Å². The van der Waals surface area contributed by atoms with E-state index in [4.69, 9.17) is 0 Å². The molecule has 3 rings (SSSR count). The maximum atomic E-state index is 12.5. The highest BCUT2D eigenvalue weighted by atomic mass is 16.2. The van der Waals surface area contributed by atoms with Crippen molar-refractivity contribution in [3.63, 3.8) is 0 Å². The molecule has 20 heavy (non-hydrogen) atoms. The summed E-state index contributed by atoms with van der Waals surface area (Å²) >= 11 is 0. The summed E-state index contributed by atoms with van der Waals surface area (Å²) in [5, 5.41) is 3.58. The van der Waals surface area contributed by atoms with Gasteiger partial charge >= 0.3 is 0 Å². The molecular weight excluding hydrogens is 250 g/mol. The lowest BCUT2D eigenvalue weighted by atomic mass is 9.93. The van der Waals surface area contributed by atoms with Crippen LogP contribution in [0.5, 0.6) is 0 Å². The standard InChI is InChI=1S/C16H29N3O/c1-18(14-5-3-2-4-6-14)16(20)12-19-10-8-15-13(11-19)7-9-17-15/h13-15,17H,2-12H2,1H3. The van der Waals surface area contributed by atoms with E-state index in [1.165, 1.54) is 51.5 Å². The van der Waals surface area contributed by atoms with Gasteiger partial charge in [0.05, 0.1) is 6.54 Å². The third kappa shape index (κ3) is 3.17. The number of piperidine rings is 1. The molecule has 2 heterocycles. The van der Waals surface area contributed by atoms with Crippen molar-refractivity contribution < 1.29 is 4.79 Å². The Bertz CT molecular complexity index is 341. The molecular formula is C16H29N3O. The summed E-state index contributed by atoms with van der Waals surface area (Å²) in [4.78, 5) is 16.9. The van der Waals surface area contributed by atoms with Gasteiger partial charge in [0, 0.05) is 32.2 Å². The summed E-state index contributed by atoms with van der Waals surface area (Å²) in [7, 11) is 2.02. The number of carbonyl (C=O) groups excluding carboxylic acids is 1. The molecule has 2 aliphatic heterocycles. The van der Waals surface area contributed by atoms with Crippen LogP contribution >= 0.6 is 0 Å². The van der Waals surface area contributed by atoms with Crippen LogP contribution in [0.4, 0.5) is 0 Å². The van der Waals surface area contributed by atoms with Crippen LogP contribution in [0.3, 0.4) is 0 Å². The summed E-state index contributed by atoms with van der Waals surface area (Å²) in [5.41, 5.74) is 0. The number of rotatable bonds is 3. The van der Waals surface area contributed by atoms with E-state index in [0.717, 1.165) is 25.0 Å². The van der Waals surface area contributed by atoms with Crippen molar-refractivity contribution in [1.29, 1.82) is 0 Å². The first-order valence-corrected chi connectivity index (χ1v) is 8.45. The number of likely N-dealkylation sites (tertiary alicyclic amines) is 1. The van der Waals surface area contributed by atoms with Crippen molar-refractivity contribution in [3.8, 4) is 0 Å². The van der Waals surface area contributed by atoms with Gasteiger partial charge in [-0.15, -0.1) is 0 Å². The summed E-state index contributed by atoms with van der Waals surface area (Å²) in [5.74, 6) is 1.11. The van der Waals surface area contributed by atoms with Gasteiger partial charge in [-0.3, -0.25) is 9.69 Å². The monoisotopic (exact) mass is 279 g/mol. The van der Waals surface area contributed by atoms with E-state index < -0.39 is 0 Å². The number of amides is 1. The fraction of sp³-hybridized carbons (Fsp3) is 0.938. The molecule has 114 valence electrons. The molecule has 2 unspecified atom stereocenters. The van der Waals surface area contributed by atoms with Gasteiger partial charge < -0.3 is 10.2 Å². The third-order valence-electron chi connectivity index (χ3n) is 5.61. The van der Waals surface area contributed by atoms with E-state index >= 15 is 0 Å². The summed E-state index contributed by atoms with van der Waals surface area (Å²) in [6.07, 6.45) is 8.84. The Balaban J connectivity index is 1.48. The number of likely N-dealkylation sites (N-methyl/N-ethyl adjacent to an activating group) is 1. The molecule has 0 radical (unpaired) electrons. The Hall–Kier alpha value is -0.610. The zero-order valence-electron chi connectivity index (χ0n) is 12.8. The lowest BCUT2D eigenvalue weighted by Gasteiger charge is -2.37. The lowest BCUT2D eigenvalue weighted by molar-refractivity contribution is -0.134. The number of carbonyl (C=O) groups is 1. The molecule has 0 aromatic carbocycles. The molecule has 4 nitrogen and oxygen atoms in total. The molecule has 0 aromatic heterocycles. The minimum Gasteiger partial charge on any atom is -0.342 e. The molecule has 0 bridgehead atoms. The van der Waals surface area contributed by atoms with Crippen LogP contribution in [0, 0.1) is 5.92 Å². The number of hydrogen-bond acceptors (Lipinski definition) is 3. The van der Waals surface area contributed by atoms with Gasteiger partial charge in [0.1, 0.15) is 0 Å². The van der Waals surface area contributed by atoms with Crippen molar-refractivity contribution in [1.82, 2.24) is 15.1 Å². The van der Waals surface area contributed by atoms with Crippen molar-refractivity contribution in [2.24, 2.45) is 5.92 Å². The molecule has 4 heteroatoms. The molecule has 1 N–H and O–H groups in total. The molecule has 3 aliphatic rings. The fourth-order valence-electron chi connectivity index (χ4n) is 4.24. The summed E-state index contributed by atoms with van der Waals surface area (Å²) < 4.78 is 0. The Kier molecular flexibility index (Phi) is 4.61. The highest BCUT2D eigenvalue weighted by Crippen LogP contribution is 2.25. The lowest BCUT2D eigenvalue weighted by Crippen LogP contribution is -2.49. The van der Waals surface area contributed by atoms with E-state index in [0.29, 0.717) is 18.5 Å². The smallest absolute Gasteiger partial charge is 0.236 e. The molecule has 2 saturated heterocycles. The topological polar surface area (TPSA) is 35.6 Å². The minimum atomic E-state index is 0.335. The van der Waals surface area contributed by atoms with Gasteiger partial charge in [-0.05, 0) is 38.1 Å². The molecule has 3 fully saturated rings. The second kappa shape index (κ2) is 6.44. The first-order chi connectivity index (χ1) is 9.74. The zero-order chi connectivity index (χ0) is 13.9. The van der Waals surface area contributed by atoms with Crippen LogP contribution in [0.25, 0.3) is 0 Å². The molecule has 2 atom stereocenters. The minimum absolute atomic E-state index is 0.335. The fourth-order valence-corrected chi connectivity index (χ4v) is 4.24. The predicted molar refractivity (Wildman–Crippen MR) is 80.6 cm³/mol. The van der Waals surface area contributed by atoms with E-state index in [1.807, 2.05) is 11.9 Å². The van der Waals surface area contributed by atoms with E-state index in [2.05, 4.69) is 10.2 Å². The van der Waals surface area contributed by atoms with Crippen molar-refractivity contribution in [2.75, 3.05) is 33.2 Å². The van der Waals surface area contributed by atoms with Crippen molar-refractivity contribution in [3.05, 3.63) is 0 Å². The zero-order valence-corrected chi connectivity index (χ0v) is 12.8. The molecule has 0 aromatic rings. The van der Waals surface area contributed by atoms with Gasteiger partial charge in [-0.1, -0.05) is 19.3 Å². The average Bonchev–Trinajstić information content (AvgIpc) is 2.95. The van der Waals surface area contributed by atoms with E-state index in [-0.39, 0.29) is 0 Å². The first-order valence-electron chi connectivity index (χ1n) is 8.45. The SMILES string of the molecule is CN(C(=O)CN1CCC2NCCC2C1)C1CCCCC1. The Labute approximate surface area is 122 Å². The second-order valence-corrected chi connectivity index (χ2v) is 6.93. The first kappa shape index (κ1) is 14.3. The van der Waals surface area contributed by atoms with E-state index in [1.54, 1.807) is 0 Å².